The first-order chi connectivity index (χ1) is 24.3. The van der Waals surface area contributed by atoms with Crippen LogP contribution in [-0.4, -0.2) is 9.13 Å². The van der Waals surface area contributed by atoms with E-state index in [-0.39, 0.29) is 0 Å². The monoisotopic (exact) mass is 640 g/mol. The highest BCUT2D eigenvalue weighted by atomic mass is 32.1. The van der Waals surface area contributed by atoms with Crippen LogP contribution in [0.15, 0.2) is 170 Å². The summed E-state index contributed by atoms with van der Waals surface area (Å²) in [6.45, 7) is 0. The molecular weight excluding hydrogens is 613 g/mol. The van der Waals surface area contributed by atoms with E-state index >= 15 is 0 Å². The Morgan fingerprint density at radius 2 is 0.939 bits per heavy atom. The Kier molecular flexibility index (Phi) is 5.57. The molecule has 0 fully saturated rings. The second-order valence-corrected chi connectivity index (χ2v) is 13.9. The summed E-state index contributed by atoms with van der Waals surface area (Å²) in [6, 6.07) is 62.2. The van der Waals surface area contributed by atoms with Crippen molar-refractivity contribution in [3.8, 4) is 22.5 Å². The van der Waals surface area contributed by atoms with Gasteiger partial charge in [0.25, 0.3) is 0 Å². The predicted octanol–water partition coefficient (Wildman–Crippen LogP) is 13.1. The minimum Gasteiger partial charge on any atom is -0.309 e. The molecule has 11 rings (SSSR count). The number of hydrogen-bond donors (Lipinski definition) is 0. The highest BCUT2D eigenvalue weighted by molar-refractivity contribution is 7.26. The van der Waals surface area contributed by atoms with Gasteiger partial charge in [0.1, 0.15) is 0 Å². The number of aromatic nitrogens is 2. The summed E-state index contributed by atoms with van der Waals surface area (Å²) < 4.78 is 7.62. The van der Waals surface area contributed by atoms with Crippen molar-refractivity contribution in [2.45, 2.75) is 0 Å². The fourth-order valence-electron chi connectivity index (χ4n) is 8.26. The molecule has 0 aliphatic carbocycles. The summed E-state index contributed by atoms with van der Waals surface area (Å²) in [5, 5.41) is 10.2. The van der Waals surface area contributed by atoms with Gasteiger partial charge in [0.2, 0.25) is 0 Å². The first kappa shape index (κ1) is 26.9. The van der Waals surface area contributed by atoms with Gasteiger partial charge in [-0.2, -0.15) is 0 Å². The van der Waals surface area contributed by atoms with Crippen LogP contribution in [-0.2, 0) is 0 Å². The van der Waals surface area contributed by atoms with Gasteiger partial charge in [-0.25, -0.2) is 0 Å². The van der Waals surface area contributed by atoms with Crippen molar-refractivity contribution in [1.29, 1.82) is 0 Å². The molecular formula is C46H28N2S. The van der Waals surface area contributed by atoms with E-state index in [9.17, 15) is 0 Å². The fourth-order valence-corrected chi connectivity index (χ4v) is 9.51. The van der Waals surface area contributed by atoms with Crippen LogP contribution in [0.4, 0.5) is 0 Å². The van der Waals surface area contributed by atoms with Crippen molar-refractivity contribution in [1.82, 2.24) is 9.13 Å². The molecule has 228 valence electrons. The van der Waals surface area contributed by atoms with Gasteiger partial charge in [-0.3, -0.25) is 0 Å². The lowest BCUT2D eigenvalue weighted by Gasteiger charge is -2.15. The van der Waals surface area contributed by atoms with Crippen LogP contribution in [0.2, 0.25) is 0 Å². The van der Waals surface area contributed by atoms with Crippen molar-refractivity contribution in [3.63, 3.8) is 0 Å². The van der Waals surface area contributed by atoms with E-state index in [1.54, 1.807) is 0 Å². The Morgan fingerprint density at radius 1 is 0.367 bits per heavy atom. The second-order valence-electron chi connectivity index (χ2n) is 12.9. The van der Waals surface area contributed by atoms with Gasteiger partial charge in [0, 0.05) is 48.1 Å². The average molecular weight is 641 g/mol. The van der Waals surface area contributed by atoms with Crippen molar-refractivity contribution >= 4 is 85.9 Å². The van der Waals surface area contributed by atoms with E-state index in [1.807, 2.05) is 11.3 Å². The van der Waals surface area contributed by atoms with Crippen LogP contribution in [0.3, 0.4) is 0 Å². The molecule has 0 saturated heterocycles. The third kappa shape index (κ3) is 3.71. The molecule has 0 spiro atoms. The van der Waals surface area contributed by atoms with Crippen molar-refractivity contribution in [2.24, 2.45) is 0 Å². The Labute approximate surface area is 286 Å². The molecule has 3 heterocycles. The molecule has 0 unspecified atom stereocenters. The molecule has 0 atom stereocenters. The van der Waals surface area contributed by atoms with Gasteiger partial charge in [-0.15, -0.1) is 11.3 Å². The number of nitrogens with zero attached hydrogens (tertiary/aromatic N) is 2. The Balaban J connectivity index is 1.30. The zero-order chi connectivity index (χ0) is 32.1. The minimum absolute atomic E-state index is 1.18. The van der Waals surface area contributed by atoms with Crippen LogP contribution >= 0.6 is 11.3 Å². The zero-order valence-corrected chi connectivity index (χ0v) is 27.3. The Bertz CT molecular complexity index is 3090. The summed E-state index contributed by atoms with van der Waals surface area (Å²) in [5.41, 5.74) is 9.87. The number of rotatable bonds is 3. The molecule has 0 amide bonds. The number of fused-ring (bicyclic) bond motifs is 12. The lowest BCUT2D eigenvalue weighted by molar-refractivity contribution is 1.19. The summed E-state index contributed by atoms with van der Waals surface area (Å²) in [5.74, 6) is 0. The Morgan fingerprint density at radius 3 is 1.69 bits per heavy atom. The fraction of sp³-hybridized carbons (Fsp3) is 0. The first-order valence-electron chi connectivity index (χ1n) is 16.8. The van der Waals surface area contributed by atoms with E-state index in [2.05, 4.69) is 179 Å². The smallest absolute Gasteiger partial charge is 0.0720 e. The van der Waals surface area contributed by atoms with Gasteiger partial charge >= 0.3 is 0 Å². The van der Waals surface area contributed by atoms with Crippen LogP contribution in [0.25, 0.3) is 97.1 Å². The van der Waals surface area contributed by atoms with Crippen LogP contribution < -0.4 is 0 Å². The molecule has 0 N–H and O–H groups in total. The van der Waals surface area contributed by atoms with Gasteiger partial charge < -0.3 is 9.13 Å². The molecule has 3 aromatic heterocycles. The van der Waals surface area contributed by atoms with Crippen molar-refractivity contribution < 1.29 is 0 Å². The maximum Gasteiger partial charge on any atom is 0.0720 e. The first-order valence-corrected chi connectivity index (χ1v) is 17.6. The third-order valence-electron chi connectivity index (χ3n) is 10.3. The van der Waals surface area contributed by atoms with Gasteiger partial charge in [-0.1, -0.05) is 133 Å². The molecule has 0 radical (unpaired) electrons. The summed E-state index contributed by atoms with van der Waals surface area (Å²) in [4.78, 5) is 0. The number of thiophene rings is 1. The Hall–Kier alpha value is -6.16. The van der Waals surface area contributed by atoms with E-state index in [4.69, 9.17) is 0 Å². The lowest BCUT2D eigenvalue weighted by Crippen LogP contribution is -1.96. The highest BCUT2D eigenvalue weighted by Gasteiger charge is 2.22. The van der Waals surface area contributed by atoms with Gasteiger partial charge in [0.05, 0.1) is 32.5 Å². The molecule has 2 nitrogen and oxygen atoms in total. The largest absolute Gasteiger partial charge is 0.309 e. The molecule has 11 aromatic rings. The van der Waals surface area contributed by atoms with Crippen molar-refractivity contribution in [3.05, 3.63) is 170 Å². The maximum absolute atomic E-state index is 2.53. The van der Waals surface area contributed by atoms with Gasteiger partial charge in [-0.05, 0) is 52.9 Å². The second kappa shape index (κ2) is 10.2. The average Bonchev–Trinajstić information content (AvgIpc) is 3.83. The van der Waals surface area contributed by atoms with E-state index in [0.29, 0.717) is 0 Å². The number of benzene rings is 8. The quantitative estimate of drug-likeness (QED) is 0.182. The standard InChI is InChI=1S/C46H28N2S/c1-3-13-29(14-4-1)31-25-27-41(33-18-8-7-17-32(31)33)48-40-22-12-10-20-35(40)37-23-24-38-43-42(49-46(38)45(37)48)28-26-36-34-19-9-11-21-39(34)47(44(36)43)30-15-5-2-6-16-30/h1-28H. The molecule has 49 heavy (non-hydrogen) atoms. The molecule has 8 aromatic carbocycles. The van der Waals surface area contributed by atoms with Crippen LogP contribution in [0.5, 0.6) is 0 Å². The molecule has 0 saturated carbocycles. The van der Waals surface area contributed by atoms with Gasteiger partial charge in [0.15, 0.2) is 0 Å². The molecule has 0 aliphatic heterocycles. The van der Waals surface area contributed by atoms with E-state index < -0.39 is 0 Å². The normalized spacial score (nSPS) is 12.1. The molecule has 0 aliphatic rings. The van der Waals surface area contributed by atoms with E-state index in [1.165, 1.54) is 97.1 Å². The SMILES string of the molecule is c1ccc(-c2ccc(-n3c4ccccc4c4ccc5c(sc6ccc7c8ccccc8n(-c8ccccc8)c7c65)c43)c3ccccc23)cc1. The van der Waals surface area contributed by atoms with Crippen LogP contribution in [0.1, 0.15) is 0 Å². The zero-order valence-electron chi connectivity index (χ0n) is 26.5. The summed E-state index contributed by atoms with van der Waals surface area (Å²) in [6.07, 6.45) is 0. The van der Waals surface area contributed by atoms with Crippen molar-refractivity contribution in [2.75, 3.05) is 0 Å². The topological polar surface area (TPSA) is 9.86 Å². The summed E-state index contributed by atoms with van der Waals surface area (Å²) >= 11 is 1.92. The number of para-hydroxylation sites is 3. The summed E-state index contributed by atoms with van der Waals surface area (Å²) in [7, 11) is 0. The maximum atomic E-state index is 2.53. The third-order valence-corrected chi connectivity index (χ3v) is 11.5. The minimum atomic E-state index is 1.18. The molecule has 0 bridgehead atoms. The predicted molar refractivity (Wildman–Crippen MR) is 211 cm³/mol. The van der Waals surface area contributed by atoms with Crippen LogP contribution in [0, 0.1) is 0 Å². The highest BCUT2D eigenvalue weighted by Crippen LogP contribution is 2.47. The van der Waals surface area contributed by atoms with E-state index in [0.717, 1.165) is 0 Å². The molecule has 3 heteroatoms. The lowest BCUT2D eigenvalue weighted by atomic mass is 9.97. The number of hydrogen-bond acceptors (Lipinski definition) is 1.